The summed E-state index contributed by atoms with van der Waals surface area (Å²) < 4.78 is 0. The Morgan fingerprint density at radius 1 is 1.25 bits per heavy atom. The van der Waals surface area contributed by atoms with Crippen LogP contribution in [0, 0.1) is 19.8 Å². The fourth-order valence-electron chi connectivity index (χ4n) is 3.55. The van der Waals surface area contributed by atoms with Gasteiger partial charge in [-0.1, -0.05) is 43.2 Å². The Balaban J connectivity index is 1.56. The first kappa shape index (κ1) is 20.6. The number of amidine groups is 1. The Kier molecular flexibility index (Phi) is 6.88. The zero-order chi connectivity index (χ0) is 20.1. The molecule has 7 heteroatoms. The predicted molar refractivity (Wildman–Crippen MR) is 116 cm³/mol. The molecule has 0 spiro atoms. The summed E-state index contributed by atoms with van der Waals surface area (Å²) in [6.45, 7) is 5.94. The lowest BCUT2D eigenvalue weighted by Crippen LogP contribution is -2.28. The maximum Gasteiger partial charge on any atom is 0.240 e. The van der Waals surface area contributed by atoms with Crippen molar-refractivity contribution in [2.75, 3.05) is 5.32 Å². The molecule has 6 nitrogen and oxygen atoms in total. The van der Waals surface area contributed by atoms with E-state index in [2.05, 4.69) is 20.8 Å². The average Bonchev–Trinajstić information content (AvgIpc) is 3.02. The standard InChI is InChI=1S/C21H28N4O2S/c1-13-9-10-14(2)17(11-13)22-19(26)12-18-20(27)23-21(28-18)25-24-15(3)16-7-5-4-6-8-16/h9-11,16,18H,4-8,12H2,1-3H3,(H,22,26)(H,23,25,27)/b24-15-. The van der Waals surface area contributed by atoms with Crippen molar-refractivity contribution in [2.45, 2.75) is 64.5 Å². The van der Waals surface area contributed by atoms with Crippen LogP contribution in [-0.4, -0.2) is 27.9 Å². The highest BCUT2D eigenvalue weighted by Gasteiger charge is 2.32. The van der Waals surface area contributed by atoms with Gasteiger partial charge in [0.25, 0.3) is 0 Å². The van der Waals surface area contributed by atoms with E-state index >= 15 is 0 Å². The van der Waals surface area contributed by atoms with Crippen molar-refractivity contribution in [1.82, 2.24) is 5.32 Å². The summed E-state index contributed by atoms with van der Waals surface area (Å²) >= 11 is 1.28. The number of carbonyl (C=O) groups is 2. The minimum Gasteiger partial charge on any atom is -0.326 e. The highest BCUT2D eigenvalue weighted by Crippen LogP contribution is 2.26. The van der Waals surface area contributed by atoms with Crippen LogP contribution < -0.4 is 10.6 Å². The molecule has 0 bridgehead atoms. The Labute approximate surface area is 170 Å². The number of carbonyl (C=O) groups excluding carboxylic acids is 2. The van der Waals surface area contributed by atoms with Gasteiger partial charge >= 0.3 is 0 Å². The quantitative estimate of drug-likeness (QED) is 0.575. The molecule has 150 valence electrons. The smallest absolute Gasteiger partial charge is 0.240 e. The van der Waals surface area contributed by atoms with Gasteiger partial charge in [-0.3, -0.25) is 9.59 Å². The number of anilines is 1. The molecule has 2 aliphatic rings. The third kappa shape index (κ3) is 5.44. The van der Waals surface area contributed by atoms with Crippen LogP contribution in [0.3, 0.4) is 0 Å². The van der Waals surface area contributed by atoms with Crippen LogP contribution >= 0.6 is 11.8 Å². The van der Waals surface area contributed by atoms with E-state index < -0.39 is 5.25 Å². The van der Waals surface area contributed by atoms with E-state index in [0.717, 1.165) is 22.5 Å². The van der Waals surface area contributed by atoms with Crippen LogP contribution in [0.25, 0.3) is 0 Å². The van der Waals surface area contributed by atoms with Gasteiger partial charge < -0.3 is 10.6 Å². The van der Waals surface area contributed by atoms with Crippen LogP contribution in [0.15, 0.2) is 28.4 Å². The number of hydrogen-bond acceptors (Lipinski definition) is 5. The summed E-state index contributed by atoms with van der Waals surface area (Å²) in [7, 11) is 0. The maximum absolute atomic E-state index is 12.4. The number of thioether (sulfide) groups is 1. The molecule has 2 fully saturated rings. The van der Waals surface area contributed by atoms with E-state index in [1.807, 2.05) is 39.0 Å². The summed E-state index contributed by atoms with van der Waals surface area (Å²) in [6, 6.07) is 5.91. The van der Waals surface area contributed by atoms with E-state index in [1.54, 1.807) is 0 Å². The summed E-state index contributed by atoms with van der Waals surface area (Å²) in [5, 5.41) is 14.2. The second-order valence-corrected chi connectivity index (χ2v) is 8.84. The fraction of sp³-hybridized carbons (Fsp3) is 0.524. The fourth-order valence-corrected chi connectivity index (χ4v) is 4.47. The van der Waals surface area contributed by atoms with Crippen molar-refractivity contribution in [2.24, 2.45) is 16.1 Å². The number of amides is 2. The number of nitrogens with zero attached hydrogens (tertiary/aromatic N) is 2. The second-order valence-electron chi connectivity index (χ2n) is 7.65. The van der Waals surface area contributed by atoms with Crippen molar-refractivity contribution in [3.05, 3.63) is 29.3 Å². The molecule has 1 aromatic rings. The summed E-state index contributed by atoms with van der Waals surface area (Å²) in [4.78, 5) is 24.6. The molecule has 1 unspecified atom stereocenters. The highest BCUT2D eigenvalue weighted by molar-refractivity contribution is 8.15. The lowest BCUT2D eigenvalue weighted by Gasteiger charge is -2.20. The van der Waals surface area contributed by atoms with Crippen molar-refractivity contribution in [3.8, 4) is 0 Å². The molecule has 1 heterocycles. The van der Waals surface area contributed by atoms with E-state index in [1.165, 1.54) is 43.9 Å². The molecule has 0 radical (unpaired) electrons. The topological polar surface area (TPSA) is 82.9 Å². The van der Waals surface area contributed by atoms with E-state index in [4.69, 9.17) is 0 Å². The predicted octanol–water partition coefficient (Wildman–Crippen LogP) is 4.18. The Morgan fingerprint density at radius 3 is 2.75 bits per heavy atom. The molecule has 0 aromatic heterocycles. The zero-order valence-corrected chi connectivity index (χ0v) is 17.6. The zero-order valence-electron chi connectivity index (χ0n) is 16.7. The van der Waals surface area contributed by atoms with Gasteiger partial charge in [0.2, 0.25) is 11.8 Å². The van der Waals surface area contributed by atoms with Gasteiger partial charge in [0.1, 0.15) is 5.25 Å². The van der Waals surface area contributed by atoms with E-state index in [0.29, 0.717) is 11.1 Å². The van der Waals surface area contributed by atoms with Crippen LogP contribution in [0.5, 0.6) is 0 Å². The summed E-state index contributed by atoms with van der Waals surface area (Å²) in [5.74, 6) is 0.134. The highest BCUT2D eigenvalue weighted by atomic mass is 32.2. The van der Waals surface area contributed by atoms with Gasteiger partial charge in [0.15, 0.2) is 5.17 Å². The molecule has 1 saturated carbocycles. The normalized spacial score (nSPS) is 22.4. The van der Waals surface area contributed by atoms with E-state index in [9.17, 15) is 9.59 Å². The third-order valence-electron chi connectivity index (χ3n) is 5.31. The molecule has 3 rings (SSSR count). The molecule has 1 aromatic carbocycles. The molecule has 1 aliphatic carbocycles. The summed E-state index contributed by atoms with van der Waals surface area (Å²) in [5.41, 5.74) is 3.89. The van der Waals surface area contributed by atoms with Gasteiger partial charge in [0, 0.05) is 17.8 Å². The number of nitrogens with one attached hydrogen (secondary N) is 2. The van der Waals surface area contributed by atoms with E-state index in [-0.39, 0.29) is 18.2 Å². The van der Waals surface area contributed by atoms with Crippen LogP contribution in [0.4, 0.5) is 5.69 Å². The Bertz CT molecular complexity index is 813. The number of rotatable bonds is 5. The SMILES string of the molecule is C/C(=N/N=C1\NC(=O)C(CC(=O)Nc2cc(C)ccc2C)S1)C1CCCCC1. The van der Waals surface area contributed by atoms with Crippen LogP contribution in [0.2, 0.25) is 0 Å². The second kappa shape index (κ2) is 9.37. The first-order chi connectivity index (χ1) is 13.4. The van der Waals surface area contributed by atoms with Gasteiger partial charge in [-0.2, -0.15) is 5.10 Å². The molecule has 2 N–H and O–H groups in total. The largest absolute Gasteiger partial charge is 0.326 e. The van der Waals surface area contributed by atoms with Gasteiger partial charge in [-0.25, -0.2) is 0 Å². The number of aryl methyl sites for hydroxylation is 2. The van der Waals surface area contributed by atoms with Crippen molar-refractivity contribution in [3.63, 3.8) is 0 Å². The van der Waals surface area contributed by atoms with Crippen molar-refractivity contribution < 1.29 is 9.59 Å². The molecule has 1 atom stereocenters. The minimum atomic E-state index is -0.478. The summed E-state index contributed by atoms with van der Waals surface area (Å²) in [6.07, 6.45) is 6.24. The minimum absolute atomic E-state index is 0.105. The lowest BCUT2D eigenvalue weighted by atomic mass is 9.86. The van der Waals surface area contributed by atoms with Gasteiger partial charge in [-0.05, 0) is 56.7 Å². The molecule has 2 amide bonds. The maximum atomic E-state index is 12.4. The van der Waals surface area contributed by atoms with Gasteiger partial charge in [-0.15, -0.1) is 5.10 Å². The van der Waals surface area contributed by atoms with Crippen LogP contribution in [0.1, 0.15) is 56.6 Å². The molecule has 1 saturated heterocycles. The lowest BCUT2D eigenvalue weighted by molar-refractivity contribution is -0.122. The first-order valence-electron chi connectivity index (χ1n) is 9.89. The van der Waals surface area contributed by atoms with Crippen molar-refractivity contribution in [1.29, 1.82) is 0 Å². The molecular weight excluding hydrogens is 372 g/mol. The average molecular weight is 401 g/mol. The monoisotopic (exact) mass is 400 g/mol. The third-order valence-corrected chi connectivity index (χ3v) is 6.38. The molecular formula is C21H28N4O2S. The first-order valence-corrected chi connectivity index (χ1v) is 10.8. The molecule has 28 heavy (non-hydrogen) atoms. The van der Waals surface area contributed by atoms with Gasteiger partial charge in [0.05, 0.1) is 0 Å². The molecule has 1 aliphatic heterocycles. The number of hydrogen-bond donors (Lipinski definition) is 2. The van der Waals surface area contributed by atoms with Crippen LogP contribution in [-0.2, 0) is 9.59 Å². The van der Waals surface area contributed by atoms with Crippen molar-refractivity contribution >= 4 is 40.1 Å². The Hall–Kier alpha value is -2.15. The number of benzene rings is 1. The Morgan fingerprint density at radius 2 is 2.00 bits per heavy atom.